The normalized spacial score (nSPS) is 21.7. The second-order valence-electron chi connectivity index (χ2n) is 6.39. The number of nitrogens with zero attached hydrogens (tertiary/aromatic N) is 3. The molecule has 0 spiro atoms. The lowest BCUT2D eigenvalue weighted by atomic mass is 10.0. The molecule has 2 fully saturated rings. The van der Waals surface area contributed by atoms with E-state index in [9.17, 15) is 9.90 Å². The fraction of sp³-hybridized carbons (Fsp3) is 0.750. The number of rotatable bonds is 4. The number of aliphatic hydroxyl groups is 1. The van der Waals surface area contributed by atoms with Crippen LogP contribution in [0.1, 0.15) is 44.9 Å². The Balaban J connectivity index is 1.67. The van der Waals surface area contributed by atoms with Crippen molar-refractivity contribution in [2.24, 2.45) is 5.92 Å². The van der Waals surface area contributed by atoms with Gasteiger partial charge in [0.25, 0.3) is 5.56 Å². The SMILES string of the molecule is O=c1cc(N2CCCCC2)cnn1CC(O)C1CCCC1. The maximum Gasteiger partial charge on any atom is 0.268 e. The zero-order valence-corrected chi connectivity index (χ0v) is 12.6. The van der Waals surface area contributed by atoms with Crippen LogP contribution in [-0.4, -0.2) is 34.1 Å². The Kier molecular flexibility index (Phi) is 4.58. The molecule has 1 atom stereocenters. The fourth-order valence-corrected chi connectivity index (χ4v) is 3.55. The summed E-state index contributed by atoms with van der Waals surface area (Å²) in [5, 5.41) is 14.5. The minimum absolute atomic E-state index is 0.102. The number of aliphatic hydroxyl groups excluding tert-OH is 1. The van der Waals surface area contributed by atoms with Gasteiger partial charge in [0.1, 0.15) is 0 Å². The topological polar surface area (TPSA) is 58.4 Å². The summed E-state index contributed by atoms with van der Waals surface area (Å²) < 4.78 is 1.41. The monoisotopic (exact) mass is 291 g/mol. The minimum Gasteiger partial charge on any atom is -0.391 e. The molecule has 2 aliphatic rings. The van der Waals surface area contributed by atoms with Gasteiger partial charge in [-0.15, -0.1) is 0 Å². The molecule has 2 heterocycles. The molecule has 3 rings (SSSR count). The highest BCUT2D eigenvalue weighted by atomic mass is 16.3. The molecule has 0 radical (unpaired) electrons. The van der Waals surface area contributed by atoms with Gasteiger partial charge in [0.15, 0.2) is 0 Å². The zero-order chi connectivity index (χ0) is 14.7. The van der Waals surface area contributed by atoms with Crippen molar-refractivity contribution in [3.05, 3.63) is 22.6 Å². The Morgan fingerprint density at radius 3 is 2.57 bits per heavy atom. The third-order valence-corrected chi connectivity index (χ3v) is 4.88. The molecule has 1 aromatic heterocycles. The maximum absolute atomic E-state index is 12.2. The van der Waals surface area contributed by atoms with E-state index in [1.165, 1.54) is 36.8 Å². The highest BCUT2D eigenvalue weighted by Gasteiger charge is 2.24. The van der Waals surface area contributed by atoms with Gasteiger partial charge in [0.05, 0.1) is 24.5 Å². The van der Waals surface area contributed by atoms with E-state index in [0.29, 0.717) is 12.5 Å². The third kappa shape index (κ3) is 3.46. The van der Waals surface area contributed by atoms with Crippen LogP contribution in [0, 0.1) is 5.92 Å². The predicted octanol–water partition coefficient (Wildman–Crippen LogP) is 1.78. The van der Waals surface area contributed by atoms with Crippen LogP contribution in [0.15, 0.2) is 17.1 Å². The molecule has 1 aromatic rings. The van der Waals surface area contributed by atoms with Crippen LogP contribution >= 0.6 is 0 Å². The average Bonchev–Trinajstić information content (AvgIpc) is 3.04. The zero-order valence-electron chi connectivity index (χ0n) is 12.6. The highest BCUT2D eigenvalue weighted by molar-refractivity contribution is 5.43. The van der Waals surface area contributed by atoms with Crippen molar-refractivity contribution in [2.75, 3.05) is 18.0 Å². The Morgan fingerprint density at radius 2 is 1.90 bits per heavy atom. The average molecular weight is 291 g/mol. The standard InChI is InChI=1S/C16H25N3O2/c20-15(13-6-2-3-7-13)12-19-16(21)10-14(11-17-19)18-8-4-1-5-9-18/h10-11,13,15,20H,1-9,12H2. The summed E-state index contributed by atoms with van der Waals surface area (Å²) in [4.78, 5) is 14.4. The van der Waals surface area contributed by atoms with Gasteiger partial charge >= 0.3 is 0 Å². The Labute approximate surface area is 125 Å². The summed E-state index contributed by atoms with van der Waals surface area (Å²) in [5.41, 5.74) is 0.821. The lowest BCUT2D eigenvalue weighted by Gasteiger charge is -2.28. The van der Waals surface area contributed by atoms with Gasteiger partial charge < -0.3 is 10.0 Å². The summed E-state index contributed by atoms with van der Waals surface area (Å²) in [6, 6.07) is 1.67. The van der Waals surface area contributed by atoms with E-state index in [-0.39, 0.29) is 5.56 Å². The first kappa shape index (κ1) is 14.6. The lowest BCUT2D eigenvalue weighted by Crippen LogP contribution is -2.34. The second kappa shape index (κ2) is 6.60. The molecule has 1 N–H and O–H groups in total. The van der Waals surface area contributed by atoms with Gasteiger partial charge in [-0.2, -0.15) is 5.10 Å². The van der Waals surface area contributed by atoms with Crippen LogP contribution < -0.4 is 10.5 Å². The van der Waals surface area contributed by atoms with E-state index in [4.69, 9.17) is 0 Å². The summed E-state index contributed by atoms with van der Waals surface area (Å²) in [7, 11) is 0. The summed E-state index contributed by atoms with van der Waals surface area (Å²) in [5.74, 6) is 0.334. The van der Waals surface area contributed by atoms with E-state index in [1.54, 1.807) is 12.3 Å². The van der Waals surface area contributed by atoms with Crippen molar-refractivity contribution in [3.63, 3.8) is 0 Å². The van der Waals surface area contributed by atoms with Gasteiger partial charge in [-0.1, -0.05) is 12.8 Å². The van der Waals surface area contributed by atoms with Crippen molar-refractivity contribution in [2.45, 2.75) is 57.6 Å². The van der Waals surface area contributed by atoms with E-state index < -0.39 is 6.10 Å². The van der Waals surface area contributed by atoms with Crippen molar-refractivity contribution < 1.29 is 5.11 Å². The molecule has 1 aliphatic carbocycles. The van der Waals surface area contributed by atoms with Crippen molar-refractivity contribution in [1.29, 1.82) is 0 Å². The van der Waals surface area contributed by atoms with Crippen LogP contribution in [0.5, 0.6) is 0 Å². The summed E-state index contributed by atoms with van der Waals surface area (Å²) >= 11 is 0. The Morgan fingerprint density at radius 1 is 1.19 bits per heavy atom. The van der Waals surface area contributed by atoms with Gasteiger partial charge in [-0.05, 0) is 38.0 Å². The lowest BCUT2D eigenvalue weighted by molar-refractivity contribution is 0.0878. The molecule has 5 nitrogen and oxygen atoms in total. The van der Waals surface area contributed by atoms with Crippen LogP contribution in [0.3, 0.4) is 0 Å². The molecule has 5 heteroatoms. The minimum atomic E-state index is -0.446. The van der Waals surface area contributed by atoms with E-state index in [0.717, 1.165) is 31.6 Å². The summed E-state index contributed by atoms with van der Waals surface area (Å²) in [6.45, 7) is 2.34. The first-order valence-electron chi connectivity index (χ1n) is 8.24. The van der Waals surface area contributed by atoms with E-state index >= 15 is 0 Å². The number of piperidine rings is 1. The van der Waals surface area contributed by atoms with Crippen LogP contribution in [0.2, 0.25) is 0 Å². The van der Waals surface area contributed by atoms with Crippen LogP contribution in [0.25, 0.3) is 0 Å². The molecule has 1 saturated heterocycles. The van der Waals surface area contributed by atoms with Gasteiger partial charge in [0, 0.05) is 19.2 Å². The van der Waals surface area contributed by atoms with Crippen LogP contribution in [0.4, 0.5) is 5.69 Å². The smallest absolute Gasteiger partial charge is 0.268 e. The first-order chi connectivity index (χ1) is 10.2. The predicted molar refractivity (Wildman–Crippen MR) is 82.5 cm³/mol. The fourth-order valence-electron chi connectivity index (χ4n) is 3.55. The number of aromatic nitrogens is 2. The van der Waals surface area contributed by atoms with E-state index in [2.05, 4.69) is 10.00 Å². The third-order valence-electron chi connectivity index (χ3n) is 4.88. The quantitative estimate of drug-likeness (QED) is 0.919. The first-order valence-corrected chi connectivity index (χ1v) is 8.24. The van der Waals surface area contributed by atoms with Crippen molar-refractivity contribution in [3.8, 4) is 0 Å². The number of hydrogen-bond donors (Lipinski definition) is 1. The van der Waals surface area contributed by atoms with E-state index in [1.807, 2.05) is 0 Å². The molecule has 0 aromatic carbocycles. The molecule has 0 bridgehead atoms. The molecule has 0 amide bonds. The van der Waals surface area contributed by atoms with Gasteiger partial charge in [-0.3, -0.25) is 4.79 Å². The molecule has 1 aliphatic heterocycles. The second-order valence-corrected chi connectivity index (χ2v) is 6.39. The summed E-state index contributed by atoms with van der Waals surface area (Å²) in [6.07, 6.45) is 9.49. The molecule has 21 heavy (non-hydrogen) atoms. The molecule has 116 valence electrons. The molecule has 1 unspecified atom stereocenters. The van der Waals surface area contributed by atoms with Gasteiger partial charge in [0.2, 0.25) is 0 Å². The number of hydrogen-bond acceptors (Lipinski definition) is 4. The largest absolute Gasteiger partial charge is 0.391 e. The Bertz CT molecular complexity index is 516. The van der Waals surface area contributed by atoms with Crippen molar-refractivity contribution in [1.82, 2.24) is 9.78 Å². The molecular weight excluding hydrogens is 266 g/mol. The van der Waals surface area contributed by atoms with Crippen LogP contribution in [-0.2, 0) is 6.54 Å². The van der Waals surface area contributed by atoms with Crippen molar-refractivity contribution >= 4 is 5.69 Å². The molecular formula is C16H25N3O2. The molecule has 1 saturated carbocycles. The highest BCUT2D eigenvalue weighted by Crippen LogP contribution is 2.28. The number of anilines is 1. The Hall–Kier alpha value is -1.36. The van der Waals surface area contributed by atoms with Gasteiger partial charge in [-0.25, -0.2) is 4.68 Å². The maximum atomic E-state index is 12.2.